The maximum Gasteiger partial charge on any atom is 0.233 e. The molecule has 0 aromatic carbocycles. The van der Waals surface area contributed by atoms with Crippen molar-refractivity contribution in [1.82, 2.24) is 4.90 Å². The number of aliphatic hydroxyl groups is 1. The van der Waals surface area contributed by atoms with Gasteiger partial charge in [0.25, 0.3) is 0 Å². The van der Waals surface area contributed by atoms with E-state index in [4.69, 9.17) is 0 Å². The first-order valence-electron chi connectivity index (χ1n) is 5.64. The zero-order valence-electron chi connectivity index (χ0n) is 10.3. The Labute approximate surface area is 111 Å². The second-order valence-electron chi connectivity index (χ2n) is 3.78. The van der Waals surface area contributed by atoms with Crippen molar-refractivity contribution in [3.05, 3.63) is 22.4 Å². The van der Waals surface area contributed by atoms with E-state index < -0.39 is 0 Å². The molecule has 96 valence electrons. The third kappa shape index (κ3) is 4.33. The Balaban J connectivity index is 2.74. The van der Waals surface area contributed by atoms with Gasteiger partial charge in [-0.25, -0.2) is 0 Å². The van der Waals surface area contributed by atoms with Crippen LogP contribution in [0.15, 0.2) is 17.5 Å². The third-order valence-corrected chi connectivity index (χ3v) is 4.01. The molecule has 5 heteroatoms. The molecule has 0 aliphatic rings. The number of nitrogens with zero attached hydrogens (tertiary/aromatic N) is 1. The number of thiophene rings is 1. The highest BCUT2D eigenvalue weighted by atomic mass is 32.2. The van der Waals surface area contributed by atoms with E-state index in [0.29, 0.717) is 12.3 Å². The summed E-state index contributed by atoms with van der Waals surface area (Å²) in [5.74, 6) is 0.578. The fraction of sp³-hybridized carbons (Fsp3) is 0.583. The molecule has 1 aromatic rings. The van der Waals surface area contributed by atoms with Gasteiger partial charge in [-0.05, 0) is 24.1 Å². The maximum atomic E-state index is 12.0. The van der Waals surface area contributed by atoms with E-state index >= 15 is 0 Å². The lowest BCUT2D eigenvalue weighted by atomic mass is 10.2. The van der Waals surface area contributed by atoms with Crippen LogP contribution in [0.25, 0.3) is 0 Å². The van der Waals surface area contributed by atoms with Gasteiger partial charge in [0.1, 0.15) is 0 Å². The number of amides is 1. The lowest BCUT2D eigenvalue weighted by Gasteiger charge is -2.29. The van der Waals surface area contributed by atoms with Crippen molar-refractivity contribution >= 4 is 29.0 Å². The molecule has 0 spiro atoms. The van der Waals surface area contributed by atoms with E-state index in [-0.39, 0.29) is 18.6 Å². The molecule has 0 bridgehead atoms. The van der Waals surface area contributed by atoms with Crippen molar-refractivity contribution in [2.45, 2.75) is 25.9 Å². The zero-order valence-corrected chi connectivity index (χ0v) is 11.9. The number of carbonyl (C=O) groups is 1. The van der Waals surface area contributed by atoms with E-state index in [1.165, 1.54) is 11.8 Å². The van der Waals surface area contributed by atoms with Crippen LogP contribution in [0.4, 0.5) is 0 Å². The Morgan fingerprint density at radius 3 is 2.88 bits per heavy atom. The number of hydrogen-bond donors (Lipinski definition) is 1. The van der Waals surface area contributed by atoms with Gasteiger partial charge in [0, 0.05) is 4.88 Å². The third-order valence-electron chi connectivity index (χ3n) is 2.62. The molecule has 1 amide bonds. The van der Waals surface area contributed by atoms with Crippen LogP contribution in [-0.4, -0.2) is 40.6 Å². The van der Waals surface area contributed by atoms with Gasteiger partial charge in [-0.2, -0.15) is 11.8 Å². The van der Waals surface area contributed by atoms with Crippen molar-refractivity contribution < 1.29 is 9.90 Å². The highest BCUT2D eigenvalue weighted by Crippen LogP contribution is 2.16. The van der Waals surface area contributed by atoms with Gasteiger partial charge < -0.3 is 10.0 Å². The average molecular weight is 273 g/mol. The Bertz CT molecular complexity index is 323. The summed E-state index contributed by atoms with van der Waals surface area (Å²) < 4.78 is 0. The second kappa shape index (κ2) is 7.74. The SMILES string of the molecule is CC[C@@H](CO)N(Cc1cccs1)C(=O)CSC. The van der Waals surface area contributed by atoms with E-state index in [9.17, 15) is 9.90 Å². The van der Waals surface area contributed by atoms with Crippen LogP contribution in [0, 0.1) is 0 Å². The Kier molecular flexibility index (Phi) is 6.62. The summed E-state index contributed by atoms with van der Waals surface area (Å²) >= 11 is 3.16. The predicted octanol–water partition coefficient (Wildman–Crippen LogP) is 2.21. The van der Waals surface area contributed by atoms with Crippen molar-refractivity contribution in [3.63, 3.8) is 0 Å². The van der Waals surface area contributed by atoms with Crippen molar-refractivity contribution in [1.29, 1.82) is 0 Å². The van der Waals surface area contributed by atoms with Crippen LogP contribution >= 0.6 is 23.1 Å². The molecule has 1 heterocycles. The van der Waals surface area contributed by atoms with Crippen molar-refractivity contribution in [3.8, 4) is 0 Å². The van der Waals surface area contributed by atoms with Crippen LogP contribution in [-0.2, 0) is 11.3 Å². The standard InChI is InChI=1S/C12H19NO2S2/c1-3-10(8-14)13(12(15)9-16-2)7-11-5-4-6-17-11/h4-6,10,14H,3,7-9H2,1-2H3/t10-/m0/s1. The predicted molar refractivity (Wildman–Crippen MR) is 74.4 cm³/mol. The molecule has 0 radical (unpaired) electrons. The molecular weight excluding hydrogens is 254 g/mol. The van der Waals surface area contributed by atoms with Crippen molar-refractivity contribution in [2.75, 3.05) is 18.6 Å². The number of aliphatic hydroxyl groups excluding tert-OH is 1. The zero-order chi connectivity index (χ0) is 12.7. The van der Waals surface area contributed by atoms with Crippen LogP contribution in [0.1, 0.15) is 18.2 Å². The lowest BCUT2D eigenvalue weighted by Crippen LogP contribution is -2.42. The first kappa shape index (κ1) is 14.5. The summed E-state index contributed by atoms with van der Waals surface area (Å²) in [6.45, 7) is 2.63. The lowest BCUT2D eigenvalue weighted by molar-refractivity contribution is -0.132. The topological polar surface area (TPSA) is 40.5 Å². The van der Waals surface area contributed by atoms with E-state index in [0.717, 1.165) is 11.3 Å². The van der Waals surface area contributed by atoms with Gasteiger partial charge in [-0.3, -0.25) is 4.79 Å². The fourth-order valence-corrected chi connectivity index (χ4v) is 2.76. The number of rotatable bonds is 7. The van der Waals surface area contributed by atoms with Gasteiger partial charge in [-0.1, -0.05) is 13.0 Å². The highest BCUT2D eigenvalue weighted by Gasteiger charge is 2.21. The number of thioether (sulfide) groups is 1. The minimum Gasteiger partial charge on any atom is -0.394 e. The number of carbonyl (C=O) groups excluding carboxylic acids is 1. The van der Waals surface area contributed by atoms with Gasteiger partial charge in [0.15, 0.2) is 0 Å². The Morgan fingerprint density at radius 1 is 1.65 bits per heavy atom. The molecule has 0 aliphatic heterocycles. The van der Waals surface area contributed by atoms with E-state index in [1.807, 2.05) is 30.7 Å². The van der Waals surface area contributed by atoms with Gasteiger partial charge >= 0.3 is 0 Å². The molecule has 1 atom stereocenters. The normalized spacial score (nSPS) is 12.4. The average Bonchev–Trinajstić information content (AvgIpc) is 2.82. The monoisotopic (exact) mass is 273 g/mol. The van der Waals surface area contributed by atoms with Crippen LogP contribution in [0.5, 0.6) is 0 Å². The summed E-state index contributed by atoms with van der Waals surface area (Å²) in [7, 11) is 0. The molecule has 0 aliphatic carbocycles. The highest BCUT2D eigenvalue weighted by molar-refractivity contribution is 7.99. The largest absolute Gasteiger partial charge is 0.394 e. The first-order valence-corrected chi connectivity index (χ1v) is 7.91. The fourth-order valence-electron chi connectivity index (χ4n) is 1.65. The minimum absolute atomic E-state index is 0.0298. The summed E-state index contributed by atoms with van der Waals surface area (Å²) in [5, 5.41) is 11.4. The molecule has 0 saturated carbocycles. The van der Waals surface area contributed by atoms with Crippen molar-refractivity contribution in [2.24, 2.45) is 0 Å². The van der Waals surface area contributed by atoms with Crippen LogP contribution in [0.3, 0.4) is 0 Å². The Morgan fingerprint density at radius 2 is 2.41 bits per heavy atom. The maximum absolute atomic E-state index is 12.0. The summed E-state index contributed by atoms with van der Waals surface area (Å²) in [6, 6.07) is 3.93. The molecule has 1 rings (SSSR count). The summed E-state index contributed by atoms with van der Waals surface area (Å²) in [6.07, 6.45) is 2.70. The first-order chi connectivity index (χ1) is 8.22. The Hall–Kier alpha value is -0.520. The van der Waals surface area contributed by atoms with Crippen LogP contribution < -0.4 is 0 Å². The molecule has 0 unspecified atom stereocenters. The molecular formula is C12H19NO2S2. The van der Waals surface area contributed by atoms with Gasteiger partial charge in [0.05, 0.1) is 24.9 Å². The molecule has 1 N–H and O–H groups in total. The smallest absolute Gasteiger partial charge is 0.233 e. The molecule has 3 nitrogen and oxygen atoms in total. The summed E-state index contributed by atoms with van der Waals surface area (Å²) in [5.41, 5.74) is 0. The van der Waals surface area contributed by atoms with Crippen LogP contribution in [0.2, 0.25) is 0 Å². The molecule has 1 aromatic heterocycles. The summed E-state index contributed by atoms with van der Waals surface area (Å²) in [4.78, 5) is 15.0. The molecule has 0 saturated heterocycles. The molecule has 17 heavy (non-hydrogen) atoms. The molecule has 0 fully saturated rings. The van der Waals surface area contributed by atoms with Gasteiger partial charge in [0.2, 0.25) is 5.91 Å². The minimum atomic E-state index is -0.0725. The van der Waals surface area contributed by atoms with E-state index in [1.54, 1.807) is 16.2 Å². The van der Waals surface area contributed by atoms with E-state index in [2.05, 4.69) is 0 Å². The second-order valence-corrected chi connectivity index (χ2v) is 5.68. The quantitative estimate of drug-likeness (QED) is 0.828. The van der Waals surface area contributed by atoms with Gasteiger partial charge in [-0.15, -0.1) is 11.3 Å². The number of hydrogen-bond acceptors (Lipinski definition) is 4.